The number of aryl methyl sites for hydroxylation is 2. The predicted molar refractivity (Wildman–Crippen MR) is 87.2 cm³/mol. The molecule has 0 saturated carbocycles. The van der Waals surface area contributed by atoms with Crippen LogP contribution in [0.2, 0.25) is 0 Å². The number of pyridine rings is 1. The molecule has 0 spiro atoms. The van der Waals surface area contributed by atoms with Crippen LogP contribution in [0, 0.1) is 13.8 Å². The van der Waals surface area contributed by atoms with Gasteiger partial charge >= 0.3 is 5.97 Å². The van der Waals surface area contributed by atoms with Crippen LogP contribution < -0.4 is 4.57 Å². The Morgan fingerprint density at radius 3 is 2.43 bits per heavy atom. The average molecular weight is 312 g/mol. The van der Waals surface area contributed by atoms with Gasteiger partial charge < -0.3 is 4.74 Å². The molecule has 0 bridgehead atoms. The summed E-state index contributed by atoms with van der Waals surface area (Å²) < 4.78 is 6.70. The Labute approximate surface area is 136 Å². The van der Waals surface area contributed by atoms with Gasteiger partial charge in [-0.25, -0.2) is 4.79 Å². The van der Waals surface area contributed by atoms with E-state index in [0.717, 1.165) is 16.7 Å². The van der Waals surface area contributed by atoms with E-state index in [1.807, 2.05) is 32.0 Å². The van der Waals surface area contributed by atoms with Gasteiger partial charge in [0.15, 0.2) is 12.4 Å². The molecule has 0 saturated heterocycles. The summed E-state index contributed by atoms with van der Waals surface area (Å²) in [5.74, 6) is -0.266. The van der Waals surface area contributed by atoms with Crippen molar-refractivity contribution in [2.45, 2.75) is 33.7 Å². The number of hydrogen-bond donors (Lipinski definition) is 0. The van der Waals surface area contributed by atoms with Crippen molar-refractivity contribution in [3.63, 3.8) is 0 Å². The van der Waals surface area contributed by atoms with Crippen molar-refractivity contribution in [3.8, 4) is 0 Å². The zero-order valence-corrected chi connectivity index (χ0v) is 13.8. The van der Waals surface area contributed by atoms with Gasteiger partial charge in [0.1, 0.15) is 5.56 Å². The maximum absolute atomic E-state index is 12.4. The fourth-order valence-corrected chi connectivity index (χ4v) is 2.54. The van der Waals surface area contributed by atoms with Gasteiger partial charge in [-0.05, 0) is 43.5 Å². The third kappa shape index (κ3) is 4.49. The van der Waals surface area contributed by atoms with Crippen molar-refractivity contribution in [2.75, 3.05) is 6.61 Å². The molecule has 1 heterocycles. The second kappa shape index (κ2) is 7.68. The Bertz CT molecular complexity index is 702. The SMILES string of the molecule is CCOC(=O)c1ccc[n+](CC(=O)Cc2c(C)cccc2C)c1. The van der Waals surface area contributed by atoms with Crippen molar-refractivity contribution in [2.24, 2.45) is 0 Å². The van der Waals surface area contributed by atoms with Crippen LogP contribution in [0.25, 0.3) is 0 Å². The van der Waals surface area contributed by atoms with Crippen LogP contribution in [0.1, 0.15) is 34.0 Å². The molecule has 0 aliphatic carbocycles. The van der Waals surface area contributed by atoms with Gasteiger partial charge in [-0.2, -0.15) is 4.57 Å². The molecule has 4 heteroatoms. The normalized spacial score (nSPS) is 10.4. The molecule has 0 unspecified atom stereocenters. The number of ether oxygens (including phenoxy) is 1. The van der Waals surface area contributed by atoms with Crippen molar-refractivity contribution in [3.05, 3.63) is 65.0 Å². The van der Waals surface area contributed by atoms with Gasteiger partial charge in [-0.15, -0.1) is 0 Å². The first-order valence-electron chi connectivity index (χ1n) is 7.74. The van der Waals surface area contributed by atoms with Crippen LogP contribution in [-0.2, 0) is 22.5 Å². The number of carbonyl (C=O) groups is 2. The van der Waals surface area contributed by atoms with Crippen LogP contribution in [0.4, 0.5) is 0 Å². The smallest absolute Gasteiger partial charge is 0.344 e. The zero-order chi connectivity index (χ0) is 16.8. The van der Waals surface area contributed by atoms with E-state index in [4.69, 9.17) is 4.74 Å². The minimum atomic E-state index is -0.371. The number of aromatic nitrogens is 1. The number of benzene rings is 1. The second-order valence-corrected chi connectivity index (χ2v) is 5.57. The van der Waals surface area contributed by atoms with Gasteiger partial charge in [-0.1, -0.05) is 18.2 Å². The molecule has 23 heavy (non-hydrogen) atoms. The number of nitrogens with zero attached hydrogens (tertiary/aromatic N) is 1. The molecule has 0 atom stereocenters. The lowest BCUT2D eigenvalue weighted by Gasteiger charge is -2.07. The highest BCUT2D eigenvalue weighted by molar-refractivity contribution is 5.88. The van der Waals surface area contributed by atoms with Gasteiger partial charge in [0, 0.05) is 12.5 Å². The van der Waals surface area contributed by atoms with E-state index in [0.29, 0.717) is 18.6 Å². The predicted octanol–water partition coefficient (Wildman–Crippen LogP) is 2.58. The highest BCUT2D eigenvalue weighted by Gasteiger charge is 2.16. The Hall–Kier alpha value is -2.49. The summed E-state index contributed by atoms with van der Waals surface area (Å²) in [4.78, 5) is 24.1. The molecule has 0 aliphatic heterocycles. The molecule has 4 nitrogen and oxygen atoms in total. The van der Waals surface area contributed by atoms with E-state index < -0.39 is 0 Å². The molecular formula is C19H22NO3+. The molecule has 1 aromatic carbocycles. The maximum atomic E-state index is 12.4. The van der Waals surface area contributed by atoms with E-state index in [1.165, 1.54) is 0 Å². The van der Waals surface area contributed by atoms with E-state index in [2.05, 4.69) is 0 Å². The second-order valence-electron chi connectivity index (χ2n) is 5.57. The molecule has 0 N–H and O–H groups in total. The highest BCUT2D eigenvalue weighted by atomic mass is 16.5. The summed E-state index contributed by atoms with van der Waals surface area (Å²) in [6, 6.07) is 9.47. The lowest BCUT2D eigenvalue weighted by Crippen LogP contribution is -2.38. The third-order valence-corrected chi connectivity index (χ3v) is 3.75. The first-order valence-corrected chi connectivity index (χ1v) is 7.74. The molecule has 120 valence electrons. The molecule has 0 amide bonds. The monoisotopic (exact) mass is 312 g/mol. The number of rotatable bonds is 6. The Morgan fingerprint density at radius 2 is 1.78 bits per heavy atom. The summed E-state index contributed by atoms with van der Waals surface area (Å²) in [7, 11) is 0. The summed E-state index contributed by atoms with van der Waals surface area (Å²) in [6.07, 6.45) is 3.83. The molecule has 1 aromatic heterocycles. The van der Waals surface area contributed by atoms with E-state index >= 15 is 0 Å². The van der Waals surface area contributed by atoms with Crippen LogP contribution in [0.15, 0.2) is 42.7 Å². The Morgan fingerprint density at radius 1 is 1.09 bits per heavy atom. The maximum Gasteiger partial charge on any atom is 0.344 e. The lowest BCUT2D eigenvalue weighted by molar-refractivity contribution is -0.684. The zero-order valence-electron chi connectivity index (χ0n) is 13.8. The number of hydrogen-bond acceptors (Lipinski definition) is 3. The molecule has 0 radical (unpaired) electrons. The molecule has 2 aromatic rings. The molecule has 0 fully saturated rings. The minimum Gasteiger partial charge on any atom is -0.462 e. The largest absolute Gasteiger partial charge is 0.462 e. The summed E-state index contributed by atoms with van der Waals surface area (Å²) in [6.45, 7) is 6.37. The third-order valence-electron chi connectivity index (χ3n) is 3.75. The van der Waals surface area contributed by atoms with Crippen molar-refractivity contribution >= 4 is 11.8 Å². The fraction of sp³-hybridized carbons (Fsp3) is 0.316. The number of Topliss-reactive ketones (excluding diaryl/α,β-unsaturated/α-hetero) is 1. The molecule has 0 aliphatic rings. The first-order chi connectivity index (χ1) is 11.0. The van der Waals surface area contributed by atoms with Crippen molar-refractivity contribution < 1.29 is 18.9 Å². The van der Waals surface area contributed by atoms with Crippen molar-refractivity contribution in [1.82, 2.24) is 0 Å². The summed E-state index contributed by atoms with van der Waals surface area (Å²) in [5.41, 5.74) is 3.79. The molecule has 2 rings (SSSR count). The van der Waals surface area contributed by atoms with Gasteiger partial charge in [0.05, 0.1) is 6.61 Å². The van der Waals surface area contributed by atoms with E-state index in [1.54, 1.807) is 36.0 Å². The summed E-state index contributed by atoms with van der Waals surface area (Å²) >= 11 is 0. The Kier molecular flexibility index (Phi) is 5.63. The van der Waals surface area contributed by atoms with Crippen LogP contribution in [0.5, 0.6) is 0 Å². The van der Waals surface area contributed by atoms with Crippen LogP contribution >= 0.6 is 0 Å². The van der Waals surface area contributed by atoms with Crippen molar-refractivity contribution in [1.29, 1.82) is 0 Å². The van der Waals surface area contributed by atoms with Gasteiger partial charge in [0.2, 0.25) is 12.3 Å². The standard InChI is InChI=1S/C19H22NO3/c1-4-23-19(22)16-9-6-10-20(12-16)13-17(21)11-18-14(2)7-5-8-15(18)3/h5-10,12H,4,11,13H2,1-3H3/q+1. The number of carbonyl (C=O) groups excluding carboxylic acids is 2. The number of ketones is 1. The van der Waals surface area contributed by atoms with Crippen LogP contribution in [-0.4, -0.2) is 18.4 Å². The quantitative estimate of drug-likeness (QED) is 0.608. The first kappa shape index (κ1) is 16.9. The molecular weight excluding hydrogens is 290 g/mol. The lowest BCUT2D eigenvalue weighted by atomic mass is 9.98. The average Bonchev–Trinajstić information content (AvgIpc) is 2.51. The topological polar surface area (TPSA) is 47.2 Å². The van der Waals surface area contributed by atoms with Gasteiger partial charge in [-0.3, -0.25) is 4.79 Å². The Balaban J connectivity index is 2.09. The van der Waals surface area contributed by atoms with Gasteiger partial charge in [0.25, 0.3) is 0 Å². The number of esters is 1. The van der Waals surface area contributed by atoms with Crippen LogP contribution in [0.3, 0.4) is 0 Å². The fourth-order valence-electron chi connectivity index (χ4n) is 2.54. The highest BCUT2D eigenvalue weighted by Crippen LogP contribution is 2.14. The van der Waals surface area contributed by atoms with E-state index in [-0.39, 0.29) is 18.3 Å². The minimum absolute atomic E-state index is 0.105. The van der Waals surface area contributed by atoms with E-state index in [9.17, 15) is 9.59 Å². The summed E-state index contributed by atoms with van der Waals surface area (Å²) in [5, 5.41) is 0.